The molecular formula is C13H18N2O2. The highest BCUT2D eigenvalue weighted by molar-refractivity contribution is 5.77. The Labute approximate surface area is 101 Å². The van der Waals surface area contributed by atoms with Gasteiger partial charge in [0.1, 0.15) is 0 Å². The molecule has 0 unspecified atom stereocenters. The van der Waals surface area contributed by atoms with Crippen LogP contribution in [0.15, 0.2) is 18.2 Å². The maximum Gasteiger partial charge on any atom is 0.233 e. The van der Waals surface area contributed by atoms with E-state index >= 15 is 0 Å². The normalized spacial score (nSPS) is 15.4. The Morgan fingerprint density at radius 3 is 3.00 bits per heavy atom. The van der Waals surface area contributed by atoms with Crippen molar-refractivity contribution in [3.8, 4) is 0 Å². The Hall–Kier alpha value is -1.39. The number of benzene rings is 1. The van der Waals surface area contributed by atoms with Gasteiger partial charge >= 0.3 is 0 Å². The van der Waals surface area contributed by atoms with Crippen LogP contribution in [0.3, 0.4) is 0 Å². The molecule has 0 aliphatic carbocycles. The summed E-state index contributed by atoms with van der Waals surface area (Å²) in [4.78, 5) is 13.4. The minimum atomic E-state index is 0.0479. The molecule has 1 aliphatic rings. The molecule has 0 bridgehead atoms. The molecule has 4 nitrogen and oxygen atoms in total. The van der Waals surface area contributed by atoms with Gasteiger partial charge in [-0.05, 0) is 23.1 Å². The lowest BCUT2D eigenvalue weighted by atomic mass is 9.97. The third kappa shape index (κ3) is 2.84. The molecule has 0 aromatic heterocycles. The fraction of sp³-hybridized carbons (Fsp3) is 0.462. The summed E-state index contributed by atoms with van der Waals surface area (Å²) >= 11 is 0. The van der Waals surface area contributed by atoms with Crippen LogP contribution in [-0.4, -0.2) is 36.1 Å². The standard InChI is InChI=1S/C13H18N2O2/c1-14-13(17)8-15-5-4-11-3-2-10(9-16)6-12(11)7-15/h2-3,6,16H,4-5,7-9H2,1H3,(H,14,17). The fourth-order valence-corrected chi connectivity index (χ4v) is 2.18. The lowest BCUT2D eigenvalue weighted by Crippen LogP contribution is -2.38. The minimum Gasteiger partial charge on any atom is -0.392 e. The van der Waals surface area contributed by atoms with Crippen LogP contribution in [0, 0.1) is 0 Å². The zero-order valence-electron chi connectivity index (χ0n) is 10.1. The summed E-state index contributed by atoms with van der Waals surface area (Å²) in [6, 6.07) is 6.08. The smallest absolute Gasteiger partial charge is 0.233 e. The number of rotatable bonds is 3. The van der Waals surface area contributed by atoms with Crippen LogP contribution in [0.4, 0.5) is 0 Å². The molecule has 1 aromatic carbocycles. The fourth-order valence-electron chi connectivity index (χ4n) is 2.18. The van der Waals surface area contributed by atoms with Gasteiger partial charge in [0.15, 0.2) is 0 Å². The number of likely N-dealkylation sites (N-methyl/N-ethyl adjacent to an activating group) is 1. The molecule has 0 saturated heterocycles. The molecule has 2 rings (SSSR count). The SMILES string of the molecule is CNC(=O)CN1CCc2ccc(CO)cc2C1. The van der Waals surface area contributed by atoms with E-state index in [0.29, 0.717) is 6.54 Å². The number of nitrogens with zero attached hydrogens (tertiary/aromatic N) is 1. The zero-order chi connectivity index (χ0) is 12.3. The molecule has 17 heavy (non-hydrogen) atoms. The molecule has 0 radical (unpaired) electrons. The van der Waals surface area contributed by atoms with Crippen LogP contribution in [0.25, 0.3) is 0 Å². The summed E-state index contributed by atoms with van der Waals surface area (Å²) in [6.07, 6.45) is 0.970. The first-order valence-electron chi connectivity index (χ1n) is 5.87. The van der Waals surface area contributed by atoms with Crippen molar-refractivity contribution in [2.24, 2.45) is 0 Å². The average Bonchev–Trinajstić information content (AvgIpc) is 2.37. The van der Waals surface area contributed by atoms with Gasteiger partial charge in [-0.1, -0.05) is 18.2 Å². The molecule has 1 aromatic rings. The first kappa shape index (κ1) is 12.1. The average molecular weight is 234 g/mol. The number of carbonyl (C=O) groups excluding carboxylic acids is 1. The van der Waals surface area contributed by atoms with Crippen LogP contribution >= 0.6 is 0 Å². The number of amides is 1. The van der Waals surface area contributed by atoms with Gasteiger partial charge in [0.2, 0.25) is 5.91 Å². The summed E-state index contributed by atoms with van der Waals surface area (Å²) < 4.78 is 0. The molecule has 1 amide bonds. The molecule has 0 fully saturated rings. The van der Waals surface area contributed by atoms with Crippen LogP contribution < -0.4 is 5.32 Å². The second kappa shape index (κ2) is 5.29. The molecule has 4 heteroatoms. The van der Waals surface area contributed by atoms with E-state index in [1.165, 1.54) is 11.1 Å². The second-order valence-electron chi connectivity index (χ2n) is 4.40. The van der Waals surface area contributed by atoms with Gasteiger partial charge in [-0.2, -0.15) is 0 Å². The van der Waals surface area contributed by atoms with E-state index in [1.54, 1.807) is 7.05 Å². The van der Waals surface area contributed by atoms with E-state index in [-0.39, 0.29) is 12.5 Å². The van der Waals surface area contributed by atoms with Crippen LogP contribution in [-0.2, 0) is 24.4 Å². The van der Waals surface area contributed by atoms with Crippen molar-refractivity contribution in [3.63, 3.8) is 0 Å². The van der Waals surface area contributed by atoms with Crippen LogP contribution in [0.5, 0.6) is 0 Å². The highest BCUT2D eigenvalue weighted by Crippen LogP contribution is 2.20. The predicted molar refractivity (Wildman–Crippen MR) is 65.4 cm³/mol. The molecule has 0 saturated carbocycles. The molecular weight excluding hydrogens is 216 g/mol. The van der Waals surface area contributed by atoms with E-state index in [9.17, 15) is 4.79 Å². The number of aliphatic hydroxyl groups is 1. The van der Waals surface area contributed by atoms with Gasteiger partial charge in [0, 0.05) is 20.1 Å². The van der Waals surface area contributed by atoms with Gasteiger partial charge in [-0.15, -0.1) is 0 Å². The number of nitrogens with one attached hydrogen (secondary N) is 1. The summed E-state index contributed by atoms with van der Waals surface area (Å²) in [5.41, 5.74) is 3.49. The molecule has 1 heterocycles. The van der Waals surface area contributed by atoms with Crippen molar-refractivity contribution in [3.05, 3.63) is 34.9 Å². The van der Waals surface area contributed by atoms with Crippen molar-refractivity contribution < 1.29 is 9.90 Å². The van der Waals surface area contributed by atoms with Gasteiger partial charge in [-0.25, -0.2) is 0 Å². The van der Waals surface area contributed by atoms with Gasteiger partial charge in [0.05, 0.1) is 13.2 Å². The second-order valence-corrected chi connectivity index (χ2v) is 4.40. The summed E-state index contributed by atoms with van der Waals surface area (Å²) in [6.45, 7) is 2.22. The number of carbonyl (C=O) groups is 1. The van der Waals surface area contributed by atoms with E-state index in [0.717, 1.165) is 25.1 Å². The van der Waals surface area contributed by atoms with E-state index in [2.05, 4.69) is 16.3 Å². The van der Waals surface area contributed by atoms with Crippen molar-refractivity contribution in [1.82, 2.24) is 10.2 Å². The quantitative estimate of drug-likeness (QED) is 0.790. The highest BCUT2D eigenvalue weighted by atomic mass is 16.3. The third-order valence-corrected chi connectivity index (χ3v) is 3.19. The largest absolute Gasteiger partial charge is 0.392 e. The highest BCUT2D eigenvalue weighted by Gasteiger charge is 2.17. The number of hydrogen-bond acceptors (Lipinski definition) is 3. The molecule has 0 spiro atoms. The van der Waals surface area contributed by atoms with Crippen molar-refractivity contribution in [2.45, 2.75) is 19.6 Å². The molecule has 2 N–H and O–H groups in total. The van der Waals surface area contributed by atoms with Crippen molar-refractivity contribution in [1.29, 1.82) is 0 Å². The lowest BCUT2D eigenvalue weighted by Gasteiger charge is -2.28. The summed E-state index contributed by atoms with van der Waals surface area (Å²) in [5.74, 6) is 0.0479. The maximum absolute atomic E-state index is 11.3. The predicted octanol–water partition coefficient (Wildman–Crippen LogP) is 0.283. The molecule has 1 aliphatic heterocycles. The monoisotopic (exact) mass is 234 g/mol. The first-order valence-corrected chi connectivity index (χ1v) is 5.87. The number of fused-ring (bicyclic) bond motifs is 1. The zero-order valence-corrected chi connectivity index (χ0v) is 10.1. The first-order chi connectivity index (χ1) is 8.22. The maximum atomic E-state index is 11.3. The van der Waals surface area contributed by atoms with E-state index in [4.69, 9.17) is 5.11 Å². The van der Waals surface area contributed by atoms with Gasteiger partial charge in [-0.3, -0.25) is 9.69 Å². The van der Waals surface area contributed by atoms with Crippen LogP contribution in [0.2, 0.25) is 0 Å². The topological polar surface area (TPSA) is 52.6 Å². The summed E-state index contributed by atoms with van der Waals surface area (Å²) in [7, 11) is 1.66. The van der Waals surface area contributed by atoms with E-state index in [1.807, 2.05) is 12.1 Å². The summed E-state index contributed by atoms with van der Waals surface area (Å²) in [5, 5.41) is 11.7. The Morgan fingerprint density at radius 2 is 2.29 bits per heavy atom. The van der Waals surface area contributed by atoms with Gasteiger partial charge in [0.25, 0.3) is 0 Å². The lowest BCUT2D eigenvalue weighted by molar-refractivity contribution is -0.121. The Balaban J connectivity index is 2.08. The van der Waals surface area contributed by atoms with Crippen molar-refractivity contribution >= 4 is 5.91 Å². The van der Waals surface area contributed by atoms with Crippen LogP contribution in [0.1, 0.15) is 16.7 Å². The van der Waals surface area contributed by atoms with E-state index < -0.39 is 0 Å². The van der Waals surface area contributed by atoms with Gasteiger partial charge < -0.3 is 10.4 Å². The third-order valence-electron chi connectivity index (χ3n) is 3.19. The number of hydrogen-bond donors (Lipinski definition) is 2. The number of aliphatic hydroxyl groups excluding tert-OH is 1. The Morgan fingerprint density at radius 1 is 1.47 bits per heavy atom. The Bertz CT molecular complexity index is 418. The minimum absolute atomic E-state index is 0.0479. The Kier molecular flexibility index (Phi) is 3.76. The molecule has 0 atom stereocenters. The van der Waals surface area contributed by atoms with Crippen molar-refractivity contribution in [2.75, 3.05) is 20.1 Å². The molecule has 92 valence electrons.